The third-order valence-electron chi connectivity index (χ3n) is 2.52. The molecule has 0 aliphatic heterocycles. The van der Waals surface area contributed by atoms with Gasteiger partial charge >= 0.3 is 0 Å². The largest absolute Gasteiger partial charge is 0.441 e. The Morgan fingerprint density at radius 1 is 1.13 bits per heavy atom. The van der Waals surface area contributed by atoms with Crippen molar-refractivity contribution in [2.24, 2.45) is 0 Å². The van der Waals surface area contributed by atoms with E-state index < -0.39 is 0 Å². The summed E-state index contributed by atoms with van der Waals surface area (Å²) < 4.78 is 7.08. The van der Waals surface area contributed by atoms with Gasteiger partial charge in [0.2, 0.25) is 5.71 Å². The van der Waals surface area contributed by atoms with Crippen molar-refractivity contribution >= 4 is 21.8 Å². The molecule has 2 heterocycles. The lowest BCUT2D eigenvalue weighted by molar-refractivity contribution is 0.504. The number of hydrogen-bond acceptors (Lipinski definition) is 3. The normalized spacial score (nSPS) is 12.2. The van der Waals surface area contributed by atoms with Crippen LogP contribution in [0, 0.1) is 6.92 Å². The lowest BCUT2D eigenvalue weighted by Gasteiger charge is -2.07. The summed E-state index contributed by atoms with van der Waals surface area (Å²) in [6.45, 7) is 10.8. The van der Waals surface area contributed by atoms with Crippen LogP contribution in [0.15, 0.2) is 4.42 Å². The Morgan fingerprint density at radius 2 is 1.80 bits per heavy atom. The zero-order valence-corrected chi connectivity index (χ0v) is 10.7. The monoisotopic (exact) mass is 223 g/mol. The average molecular weight is 223 g/mol. The standard InChI is InChI=1S/C12H17NOS/c1-6(2)9-10(7(3)4)14-12-11(9)15-8(5)13-12/h6-7H,1-5H3. The summed E-state index contributed by atoms with van der Waals surface area (Å²) in [5.41, 5.74) is 2.18. The maximum Gasteiger partial charge on any atom is 0.237 e. The molecule has 0 fully saturated rings. The summed E-state index contributed by atoms with van der Waals surface area (Å²) in [6.07, 6.45) is 0. The van der Waals surface area contributed by atoms with Crippen molar-refractivity contribution in [3.8, 4) is 0 Å². The van der Waals surface area contributed by atoms with Crippen molar-refractivity contribution in [3.63, 3.8) is 0 Å². The Hall–Kier alpha value is -0.830. The molecule has 2 aromatic rings. The van der Waals surface area contributed by atoms with Crippen LogP contribution in [0.4, 0.5) is 0 Å². The van der Waals surface area contributed by atoms with Gasteiger partial charge in [0.05, 0.1) is 9.71 Å². The fourth-order valence-electron chi connectivity index (χ4n) is 1.89. The van der Waals surface area contributed by atoms with Gasteiger partial charge in [0.25, 0.3) is 0 Å². The van der Waals surface area contributed by atoms with Crippen molar-refractivity contribution in [3.05, 3.63) is 16.3 Å². The summed E-state index contributed by atoms with van der Waals surface area (Å²) in [7, 11) is 0. The van der Waals surface area contributed by atoms with Gasteiger partial charge in [0.1, 0.15) is 5.76 Å². The minimum Gasteiger partial charge on any atom is -0.441 e. The summed E-state index contributed by atoms with van der Waals surface area (Å²) >= 11 is 1.74. The topological polar surface area (TPSA) is 26.0 Å². The molecule has 3 heteroatoms. The van der Waals surface area contributed by atoms with E-state index in [9.17, 15) is 0 Å². The highest BCUT2D eigenvalue weighted by Gasteiger charge is 2.21. The minimum absolute atomic E-state index is 0.434. The lowest BCUT2D eigenvalue weighted by atomic mass is 9.98. The Balaban J connectivity index is 2.71. The first kappa shape index (κ1) is 10.7. The zero-order valence-electron chi connectivity index (χ0n) is 9.92. The molecule has 0 saturated heterocycles. The molecule has 0 spiro atoms. The highest BCUT2D eigenvalue weighted by molar-refractivity contribution is 7.18. The maximum absolute atomic E-state index is 5.84. The van der Waals surface area contributed by atoms with Gasteiger partial charge in [-0.05, 0) is 12.8 Å². The molecule has 0 unspecified atom stereocenters. The van der Waals surface area contributed by atoms with E-state index in [2.05, 4.69) is 32.7 Å². The number of rotatable bonds is 2. The Bertz CT molecular complexity index is 479. The van der Waals surface area contributed by atoms with Crippen molar-refractivity contribution in [1.82, 2.24) is 4.98 Å². The van der Waals surface area contributed by atoms with Gasteiger partial charge in [-0.15, -0.1) is 11.3 Å². The molecule has 15 heavy (non-hydrogen) atoms. The second-order valence-corrected chi connectivity index (χ2v) is 5.76. The van der Waals surface area contributed by atoms with E-state index >= 15 is 0 Å². The van der Waals surface area contributed by atoms with Crippen LogP contribution in [-0.4, -0.2) is 4.98 Å². The number of nitrogens with zero attached hydrogens (tertiary/aromatic N) is 1. The van der Waals surface area contributed by atoms with E-state index in [1.165, 1.54) is 10.3 Å². The molecule has 2 nitrogen and oxygen atoms in total. The molecule has 82 valence electrons. The molecule has 2 rings (SSSR count). The predicted molar refractivity (Wildman–Crippen MR) is 64.8 cm³/mol. The first-order valence-electron chi connectivity index (χ1n) is 5.40. The first-order valence-corrected chi connectivity index (χ1v) is 6.22. The van der Waals surface area contributed by atoms with E-state index in [4.69, 9.17) is 4.42 Å². The second-order valence-electron chi connectivity index (χ2n) is 4.56. The predicted octanol–water partition coefficient (Wildman–Crippen LogP) is 4.44. The van der Waals surface area contributed by atoms with Crippen LogP contribution in [0.5, 0.6) is 0 Å². The van der Waals surface area contributed by atoms with Gasteiger partial charge in [-0.25, -0.2) is 4.98 Å². The van der Waals surface area contributed by atoms with Gasteiger partial charge < -0.3 is 4.42 Å². The molecule has 0 amide bonds. The second kappa shape index (κ2) is 3.63. The quantitative estimate of drug-likeness (QED) is 0.752. The van der Waals surface area contributed by atoms with Crippen molar-refractivity contribution in [2.75, 3.05) is 0 Å². The van der Waals surface area contributed by atoms with E-state index in [1.807, 2.05) is 6.92 Å². The maximum atomic E-state index is 5.84. The molecule has 0 aliphatic rings. The van der Waals surface area contributed by atoms with Crippen molar-refractivity contribution in [1.29, 1.82) is 0 Å². The summed E-state index contributed by atoms with van der Waals surface area (Å²) in [5.74, 6) is 2.05. The third kappa shape index (κ3) is 1.69. The molecular weight excluding hydrogens is 206 g/mol. The first-order chi connectivity index (χ1) is 7.00. The van der Waals surface area contributed by atoms with Crippen LogP contribution >= 0.6 is 11.3 Å². The van der Waals surface area contributed by atoms with Crippen LogP contribution in [0.3, 0.4) is 0 Å². The lowest BCUT2D eigenvalue weighted by Crippen LogP contribution is -1.93. The van der Waals surface area contributed by atoms with E-state index in [0.29, 0.717) is 11.8 Å². The van der Waals surface area contributed by atoms with Crippen LogP contribution in [0.25, 0.3) is 10.4 Å². The smallest absolute Gasteiger partial charge is 0.237 e. The molecule has 0 atom stereocenters. The van der Waals surface area contributed by atoms with Crippen molar-refractivity contribution < 1.29 is 4.42 Å². The number of hydrogen-bond donors (Lipinski definition) is 0. The Labute approximate surface area is 94.3 Å². The van der Waals surface area contributed by atoms with Crippen LogP contribution in [0.2, 0.25) is 0 Å². The zero-order chi connectivity index (χ0) is 11.2. The Morgan fingerprint density at radius 3 is 2.33 bits per heavy atom. The van der Waals surface area contributed by atoms with E-state index in [1.54, 1.807) is 11.3 Å². The van der Waals surface area contributed by atoms with Gasteiger partial charge in [-0.2, -0.15) is 0 Å². The highest BCUT2D eigenvalue weighted by Crippen LogP contribution is 2.38. The summed E-state index contributed by atoms with van der Waals surface area (Å²) in [5, 5.41) is 1.08. The van der Waals surface area contributed by atoms with Crippen LogP contribution < -0.4 is 0 Å². The fraction of sp³-hybridized carbons (Fsp3) is 0.583. The SMILES string of the molecule is Cc1nc2oc(C(C)C)c(C(C)C)c2s1. The highest BCUT2D eigenvalue weighted by atomic mass is 32.1. The molecule has 0 aliphatic carbocycles. The number of fused-ring (bicyclic) bond motifs is 1. The number of aryl methyl sites for hydroxylation is 1. The molecule has 0 saturated carbocycles. The molecule has 0 aromatic carbocycles. The number of aromatic nitrogens is 1. The van der Waals surface area contributed by atoms with E-state index in [-0.39, 0.29) is 0 Å². The fourth-order valence-corrected chi connectivity index (χ4v) is 2.94. The molecule has 2 aromatic heterocycles. The third-order valence-corrected chi connectivity index (χ3v) is 3.51. The Kier molecular flexibility index (Phi) is 2.59. The van der Waals surface area contributed by atoms with Crippen molar-refractivity contribution in [2.45, 2.75) is 46.5 Å². The van der Waals surface area contributed by atoms with Gasteiger partial charge in [-0.3, -0.25) is 0 Å². The van der Waals surface area contributed by atoms with Gasteiger partial charge in [0, 0.05) is 11.5 Å². The molecular formula is C12H17NOS. The number of furan rings is 1. The summed E-state index contributed by atoms with van der Waals surface area (Å²) in [6, 6.07) is 0. The summed E-state index contributed by atoms with van der Waals surface area (Å²) in [4.78, 5) is 4.41. The van der Waals surface area contributed by atoms with Crippen LogP contribution in [-0.2, 0) is 0 Å². The molecule has 0 bridgehead atoms. The number of thiazole rings is 1. The van der Waals surface area contributed by atoms with E-state index in [0.717, 1.165) is 16.5 Å². The van der Waals surface area contributed by atoms with Gasteiger partial charge in [0.15, 0.2) is 0 Å². The molecule has 0 N–H and O–H groups in total. The minimum atomic E-state index is 0.434. The van der Waals surface area contributed by atoms with Crippen LogP contribution in [0.1, 0.15) is 55.9 Å². The average Bonchev–Trinajstić information content (AvgIpc) is 2.58. The van der Waals surface area contributed by atoms with Gasteiger partial charge in [-0.1, -0.05) is 27.7 Å². The molecule has 0 radical (unpaired) electrons.